The summed E-state index contributed by atoms with van der Waals surface area (Å²) in [7, 11) is 1.48. The molecular weight excluding hydrogens is 273 g/mol. The zero-order valence-corrected chi connectivity index (χ0v) is 12.6. The second kappa shape index (κ2) is 6.66. The molecule has 2 aromatic rings. The number of methoxy groups -OCH3 is 1. The van der Waals surface area contributed by atoms with Gasteiger partial charge in [-0.15, -0.1) is 11.8 Å². The molecule has 0 aliphatic heterocycles. The minimum atomic E-state index is -0.340. The lowest BCUT2D eigenvalue weighted by molar-refractivity contribution is 0.385. The second-order valence-electron chi connectivity index (χ2n) is 4.46. The van der Waals surface area contributed by atoms with E-state index in [1.807, 2.05) is 31.4 Å². The average Bonchev–Trinajstić information content (AvgIpc) is 2.48. The molecule has 0 saturated heterocycles. The minimum absolute atomic E-state index is 0.0674. The molecule has 2 aromatic carbocycles. The van der Waals surface area contributed by atoms with Gasteiger partial charge in [0.05, 0.1) is 7.11 Å². The van der Waals surface area contributed by atoms with Crippen LogP contribution in [0.4, 0.5) is 10.1 Å². The Bertz CT molecular complexity index is 588. The van der Waals surface area contributed by atoms with E-state index in [9.17, 15) is 4.39 Å². The van der Waals surface area contributed by atoms with Crippen molar-refractivity contribution in [3.05, 3.63) is 53.8 Å². The maximum atomic E-state index is 13.4. The quantitative estimate of drug-likeness (QED) is 0.805. The summed E-state index contributed by atoms with van der Waals surface area (Å²) in [5.74, 6) is -0.0673. The van der Waals surface area contributed by atoms with E-state index in [-0.39, 0.29) is 17.6 Å². The molecule has 1 N–H and O–H groups in total. The van der Waals surface area contributed by atoms with Crippen LogP contribution in [0.15, 0.2) is 47.4 Å². The van der Waals surface area contributed by atoms with Gasteiger partial charge in [0.1, 0.15) is 0 Å². The number of para-hydroxylation sites is 1. The van der Waals surface area contributed by atoms with Crippen molar-refractivity contribution in [1.82, 2.24) is 0 Å². The van der Waals surface area contributed by atoms with Crippen LogP contribution >= 0.6 is 11.8 Å². The van der Waals surface area contributed by atoms with Crippen LogP contribution in [0.3, 0.4) is 0 Å². The van der Waals surface area contributed by atoms with Crippen LogP contribution in [0.5, 0.6) is 5.75 Å². The van der Waals surface area contributed by atoms with Crippen LogP contribution < -0.4 is 10.1 Å². The SMILES string of the molecule is COc1cc(C(C)Nc2ccccc2SC)ccc1F. The van der Waals surface area contributed by atoms with Gasteiger partial charge in [0.2, 0.25) is 0 Å². The first kappa shape index (κ1) is 14.7. The molecule has 1 atom stereocenters. The standard InChI is InChI=1S/C16H18FNOS/c1-11(12-8-9-13(17)15(10-12)19-2)18-14-6-4-5-7-16(14)20-3/h4-11,18H,1-3H3. The number of halogens is 1. The Hall–Kier alpha value is -1.68. The molecule has 0 bridgehead atoms. The smallest absolute Gasteiger partial charge is 0.165 e. The van der Waals surface area contributed by atoms with Crippen LogP contribution in [-0.4, -0.2) is 13.4 Å². The predicted octanol–water partition coefficient (Wildman–Crippen LogP) is 4.73. The maximum absolute atomic E-state index is 13.4. The third-order valence-corrected chi connectivity index (χ3v) is 3.95. The molecule has 20 heavy (non-hydrogen) atoms. The molecule has 0 radical (unpaired) electrons. The maximum Gasteiger partial charge on any atom is 0.165 e. The Morgan fingerprint density at radius 1 is 1.20 bits per heavy atom. The molecule has 0 aliphatic carbocycles. The Morgan fingerprint density at radius 3 is 2.65 bits per heavy atom. The molecule has 0 amide bonds. The summed E-state index contributed by atoms with van der Waals surface area (Å²) in [6, 6.07) is 13.1. The van der Waals surface area contributed by atoms with Gasteiger partial charge >= 0.3 is 0 Å². The molecule has 0 saturated carbocycles. The van der Waals surface area contributed by atoms with Crippen molar-refractivity contribution in [2.24, 2.45) is 0 Å². The highest BCUT2D eigenvalue weighted by Crippen LogP contribution is 2.29. The Balaban J connectivity index is 2.21. The van der Waals surface area contributed by atoms with E-state index in [2.05, 4.69) is 11.4 Å². The molecule has 0 spiro atoms. The van der Waals surface area contributed by atoms with Gasteiger partial charge in [0.15, 0.2) is 11.6 Å². The monoisotopic (exact) mass is 291 g/mol. The summed E-state index contributed by atoms with van der Waals surface area (Å²) in [5, 5.41) is 3.45. The topological polar surface area (TPSA) is 21.3 Å². The lowest BCUT2D eigenvalue weighted by Gasteiger charge is -2.18. The molecule has 4 heteroatoms. The van der Waals surface area contributed by atoms with Crippen molar-refractivity contribution < 1.29 is 9.13 Å². The molecule has 1 unspecified atom stereocenters. The van der Waals surface area contributed by atoms with Crippen molar-refractivity contribution >= 4 is 17.4 Å². The summed E-state index contributed by atoms with van der Waals surface area (Å²) >= 11 is 1.70. The van der Waals surface area contributed by atoms with Crippen LogP contribution in [0, 0.1) is 5.82 Å². The number of rotatable bonds is 5. The molecule has 0 aromatic heterocycles. The van der Waals surface area contributed by atoms with Gasteiger partial charge in [-0.05, 0) is 43.0 Å². The molecule has 0 aliphatic rings. The van der Waals surface area contributed by atoms with Gasteiger partial charge in [0.25, 0.3) is 0 Å². The zero-order chi connectivity index (χ0) is 14.5. The number of benzene rings is 2. The lowest BCUT2D eigenvalue weighted by Crippen LogP contribution is -2.07. The first-order chi connectivity index (χ1) is 9.65. The van der Waals surface area contributed by atoms with Crippen molar-refractivity contribution in [2.75, 3.05) is 18.7 Å². The fourth-order valence-corrected chi connectivity index (χ4v) is 2.59. The molecule has 106 valence electrons. The summed E-state index contributed by atoms with van der Waals surface area (Å²) < 4.78 is 18.5. The van der Waals surface area contributed by atoms with E-state index in [1.54, 1.807) is 23.9 Å². The molecule has 0 fully saturated rings. The second-order valence-corrected chi connectivity index (χ2v) is 5.31. The molecular formula is C16H18FNOS. The Morgan fingerprint density at radius 2 is 1.95 bits per heavy atom. The van der Waals surface area contributed by atoms with Crippen molar-refractivity contribution in [2.45, 2.75) is 17.9 Å². The van der Waals surface area contributed by atoms with Gasteiger partial charge in [-0.3, -0.25) is 0 Å². The highest BCUT2D eigenvalue weighted by molar-refractivity contribution is 7.98. The zero-order valence-electron chi connectivity index (χ0n) is 11.8. The third-order valence-electron chi connectivity index (χ3n) is 3.15. The van der Waals surface area contributed by atoms with Gasteiger partial charge in [0, 0.05) is 16.6 Å². The average molecular weight is 291 g/mol. The summed E-state index contributed by atoms with van der Waals surface area (Å²) in [4.78, 5) is 1.19. The number of hydrogen-bond donors (Lipinski definition) is 1. The van der Waals surface area contributed by atoms with E-state index in [0.717, 1.165) is 11.3 Å². The van der Waals surface area contributed by atoms with Crippen LogP contribution in [0.25, 0.3) is 0 Å². The van der Waals surface area contributed by atoms with Crippen LogP contribution in [-0.2, 0) is 0 Å². The molecule has 2 nitrogen and oxygen atoms in total. The predicted molar refractivity (Wildman–Crippen MR) is 83.2 cm³/mol. The number of hydrogen-bond acceptors (Lipinski definition) is 3. The van der Waals surface area contributed by atoms with E-state index in [4.69, 9.17) is 4.74 Å². The Kier molecular flexibility index (Phi) is 4.90. The first-order valence-corrected chi connectivity index (χ1v) is 7.61. The van der Waals surface area contributed by atoms with Crippen LogP contribution in [0.2, 0.25) is 0 Å². The van der Waals surface area contributed by atoms with Gasteiger partial charge in [-0.2, -0.15) is 0 Å². The van der Waals surface area contributed by atoms with Crippen LogP contribution in [0.1, 0.15) is 18.5 Å². The highest BCUT2D eigenvalue weighted by atomic mass is 32.2. The summed E-state index contributed by atoms with van der Waals surface area (Å²) in [6.45, 7) is 2.05. The van der Waals surface area contributed by atoms with E-state index in [1.165, 1.54) is 18.1 Å². The first-order valence-electron chi connectivity index (χ1n) is 6.38. The van der Waals surface area contributed by atoms with Crippen molar-refractivity contribution in [1.29, 1.82) is 0 Å². The third kappa shape index (κ3) is 3.25. The number of ether oxygens (including phenoxy) is 1. The Labute approximate surface area is 123 Å². The van der Waals surface area contributed by atoms with Gasteiger partial charge in [-0.1, -0.05) is 18.2 Å². The highest BCUT2D eigenvalue weighted by Gasteiger charge is 2.11. The van der Waals surface area contributed by atoms with Crippen molar-refractivity contribution in [3.63, 3.8) is 0 Å². The summed E-state index contributed by atoms with van der Waals surface area (Å²) in [6.07, 6.45) is 2.05. The number of nitrogens with one attached hydrogen (secondary N) is 1. The minimum Gasteiger partial charge on any atom is -0.494 e. The lowest BCUT2D eigenvalue weighted by atomic mass is 10.1. The molecule has 2 rings (SSSR count). The van der Waals surface area contributed by atoms with E-state index in [0.29, 0.717) is 0 Å². The number of thioether (sulfide) groups is 1. The van der Waals surface area contributed by atoms with E-state index >= 15 is 0 Å². The van der Waals surface area contributed by atoms with Gasteiger partial charge < -0.3 is 10.1 Å². The van der Waals surface area contributed by atoms with Crippen molar-refractivity contribution in [3.8, 4) is 5.75 Å². The fraction of sp³-hybridized carbons (Fsp3) is 0.250. The fourth-order valence-electron chi connectivity index (χ4n) is 2.03. The normalized spacial score (nSPS) is 12.0. The number of anilines is 1. The summed E-state index contributed by atoms with van der Waals surface area (Å²) in [5.41, 5.74) is 2.06. The van der Waals surface area contributed by atoms with E-state index < -0.39 is 0 Å². The van der Waals surface area contributed by atoms with Gasteiger partial charge in [-0.25, -0.2) is 4.39 Å². The molecule has 0 heterocycles. The largest absolute Gasteiger partial charge is 0.494 e.